The molecule has 37 atom stereocenters. The Kier molecular flexibility index (Phi) is 35.5. The van der Waals surface area contributed by atoms with Gasteiger partial charge in [0, 0.05) is 42.0 Å². The van der Waals surface area contributed by atoms with Crippen molar-refractivity contribution in [1.82, 2.24) is 30.9 Å². The fourth-order valence-corrected chi connectivity index (χ4v) is 17.1. The predicted molar refractivity (Wildman–Crippen MR) is 405 cm³/mol. The van der Waals surface area contributed by atoms with Gasteiger partial charge < -0.3 is 205 Å². The quantitative estimate of drug-likeness (QED) is 0.0227. The number of carbonyl (C=O) groups excluding carboxylic acids is 3. The number of nitrogens with one attached hydrogen (secondary N) is 5. The number of carboxylic acid groups (broad SMARTS) is 1. The lowest BCUT2D eigenvalue weighted by Gasteiger charge is -2.50. The van der Waals surface area contributed by atoms with Crippen LogP contribution in [0, 0.1) is 0 Å². The van der Waals surface area contributed by atoms with Crippen molar-refractivity contribution in [2.24, 2.45) is 0 Å². The number of hydrogen-bond acceptors (Lipinski definition) is 45. The number of ether oxygens (including phenoxy) is 16. The lowest BCUT2D eigenvalue weighted by molar-refractivity contribution is -0.395. The second-order valence-electron chi connectivity index (χ2n) is 30.0. The van der Waals surface area contributed by atoms with Crippen LogP contribution >= 0.6 is 23.5 Å². The van der Waals surface area contributed by atoms with Crippen LogP contribution in [0.25, 0.3) is 11.0 Å². The number of fused-ring (bicyclic) bond motifs is 1. The van der Waals surface area contributed by atoms with Crippen LogP contribution in [0.15, 0.2) is 35.3 Å². The van der Waals surface area contributed by atoms with E-state index in [0.29, 0.717) is 35.2 Å². The normalized spacial score (nSPS) is 39.7. The first-order valence-corrected chi connectivity index (χ1v) is 41.7. The number of amides is 2. The van der Waals surface area contributed by atoms with E-state index >= 15 is 0 Å². The van der Waals surface area contributed by atoms with Crippen molar-refractivity contribution in [1.29, 1.82) is 0 Å². The molecule has 1 aromatic carbocycles. The Labute approximate surface area is 701 Å². The van der Waals surface area contributed by atoms with Crippen LogP contribution in [0.1, 0.15) is 41.3 Å². The van der Waals surface area contributed by atoms with Crippen LogP contribution in [0.3, 0.4) is 0 Å². The third-order valence-corrected chi connectivity index (χ3v) is 24.1. The number of rotatable bonds is 29. The van der Waals surface area contributed by atoms with Crippen molar-refractivity contribution in [3.8, 4) is 0 Å². The molecule has 21 fully saturated rings. The van der Waals surface area contributed by atoms with E-state index in [9.17, 15) is 126 Å². The molecule has 3 aromatic rings. The smallest absolute Gasteiger partial charge is 0.326 e. The first kappa shape index (κ1) is 97.2. The van der Waals surface area contributed by atoms with Gasteiger partial charge in [0.1, 0.15) is 177 Å². The van der Waals surface area contributed by atoms with Crippen molar-refractivity contribution in [2.45, 2.75) is 260 Å². The zero-order chi connectivity index (χ0) is 88.2. The van der Waals surface area contributed by atoms with Gasteiger partial charge in [-0.05, 0) is 55.3 Å². The van der Waals surface area contributed by atoms with Gasteiger partial charge in [-0.1, -0.05) is 19.1 Å². The molecule has 0 aliphatic carbocycles. The number of carboxylic acids is 1. The highest BCUT2D eigenvalue weighted by molar-refractivity contribution is 7.99. The number of aromatic amines is 2. The second-order valence-corrected chi connectivity index (χ2v) is 32.4. The monoisotopic (exact) mass is 1790 g/mol. The van der Waals surface area contributed by atoms with Gasteiger partial charge in [0.15, 0.2) is 44.0 Å². The zero-order valence-corrected chi connectivity index (χ0v) is 67.3. The van der Waals surface area contributed by atoms with Gasteiger partial charge in [0.05, 0.1) is 69.9 Å². The van der Waals surface area contributed by atoms with Crippen molar-refractivity contribution in [3.05, 3.63) is 57.5 Å². The number of aromatic nitrogens is 3. The molecule has 48 nitrogen and oxygen atoms in total. The fourth-order valence-electron chi connectivity index (χ4n) is 15.2. The standard InChI is InChI=1S/C72H109N7O41S2/c1-3-121-23-35-58-44(91)51(98)70(112-35)117-56-33(20-83)108-67(47(94)40(56)87)116-55-32(19-82)111-69(50(97)43(55)90)120-59-36(113-71(52(99)45(59)92)118-57-34(21-84)109-66(48(95)41(57)88)114-53-30(17-80)107-65(46(93)39(53)86)115-54-31(18-81)110-68(119-58)49(96)42(54)89)24-122-22-29(74-2)62(101)75-12-13-105-14-15-106-37(85)11-10-28(64(103)104)77-61(100)26-7-4-25(5-8-26)6-9-27-16-76-60-38(27)63(102)79-72(73)78-60/h4-5,7-8,16,28-36,39-59,65-71,74,80-84,86-99H,3,6,9-15,17-24H2,1-2H3,(H,75,101)(H,77,100)(H,103,104)(H4,73,76,78,79,102)/t28-,29+,30?,31?,32?,33?,34?,35?,36?,39+,40+,41+,42+,43+,44+,45+,46?,47?,48?,49?,50?,51?,52?,53+,54+,55+,56+,57+,58+,59+,65+,66+,67-,68+,69-,70+,71-/m0/s1. The van der Waals surface area contributed by atoms with Crippen LogP contribution in [0.4, 0.5) is 5.95 Å². The molecule has 14 bridgehead atoms. The average Bonchev–Trinajstić information content (AvgIpc) is 0.992. The van der Waals surface area contributed by atoms with Gasteiger partial charge in [-0.15, -0.1) is 0 Å². The molecule has 2 aromatic heterocycles. The van der Waals surface area contributed by atoms with Gasteiger partial charge in [-0.25, -0.2) is 4.79 Å². The lowest BCUT2D eigenvalue weighted by Crippen LogP contribution is -2.68. The summed E-state index contributed by atoms with van der Waals surface area (Å²) in [6.07, 6.45) is -68.5. The minimum atomic E-state index is -2.28. The number of likely N-dealkylation sites (N-methyl/N-ethyl adjacent to an activating group) is 1. The molecular formula is C72H109N7O41S2. The van der Waals surface area contributed by atoms with E-state index in [1.165, 1.54) is 30.9 Å². The Morgan fingerprint density at radius 2 is 0.877 bits per heavy atom. The van der Waals surface area contributed by atoms with Crippen molar-refractivity contribution < 1.29 is 197 Å². The van der Waals surface area contributed by atoms with Gasteiger partial charge in [-0.2, -0.15) is 28.5 Å². The number of aliphatic hydroxyl groups is 19. The van der Waals surface area contributed by atoms with Crippen molar-refractivity contribution in [2.75, 3.05) is 95.2 Å². The van der Waals surface area contributed by atoms with Crippen molar-refractivity contribution >= 4 is 64.3 Å². The number of nitrogens with zero attached hydrogens (tertiary/aromatic N) is 1. The van der Waals surface area contributed by atoms with E-state index in [2.05, 4.69) is 30.9 Å². The molecule has 0 spiro atoms. The van der Waals surface area contributed by atoms with Crippen LogP contribution in [-0.2, 0) is 103 Å². The molecule has 2 amide bonds. The molecule has 21 aliphatic rings. The third kappa shape index (κ3) is 22.6. The first-order chi connectivity index (χ1) is 58.4. The predicted octanol–water partition coefficient (Wildman–Crippen LogP) is -12.9. The van der Waals surface area contributed by atoms with E-state index < -0.39 is 296 Å². The topological polar surface area (TPSA) is 744 Å². The summed E-state index contributed by atoms with van der Waals surface area (Å²) in [5.41, 5.74) is 7.25. The summed E-state index contributed by atoms with van der Waals surface area (Å²) in [4.78, 5) is 73.5. The summed E-state index contributed by atoms with van der Waals surface area (Å²) in [5.74, 6) is -3.72. The van der Waals surface area contributed by atoms with Gasteiger partial charge >= 0.3 is 11.9 Å². The molecule has 0 saturated carbocycles. The molecule has 690 valence electrons. The minimum absolute atomic E-state index is 0.0322. The first-order valence-electron chi connectivity index (χ1n) is 39.4. The molecule has 27 N–H and O–H groups in total. The van der Waals surface area contributed by atoms with Gasteiger partial charge in [0.2, 0.25) is 11.9 Å². The maximum atomic E-state index is 13.6. The summed E-state index contributed by atoms with van der Waals surface area (Å²) in [7, 11) is 1.44. The van der Waals surface area contributed by atoms with E-state index in [1.807, 2.05) is 0 Å². The molecule has 122 heavy (non-hydrogen) atoms. The molecule has 0 radical (unpaired) electrons. The molecule has 50 heteroatoms. The van der Waals surface area contributed by atoms with Crippen LogP contribution in [0.5, 0.6) is 0 Å². The highest BCUT2D eigenvalue weighted by Crippen LogP contribution is 2.40. The van der Waals surface area contributed by atoms with Crippen LogP contribution < -0.4 is 27.2 Å². The van der Waals surface area contributed by atoms with E-state index in [1.54, 1.807) is 25.3 Å². The molecule has 21 aliphatic heterocycles. The number of anilines is 1. The zero-order valence-electron chi connectivity index (χ0n) is 65.6. The maximum absolute atomic E-state index is 13.6. The molecule has 14 unspecified atom stereocenters. The summed E-state index contributed by atoms with van der Waals surface area (Å²) in [6.45, 7) is -4.27. The Morgan fingerprint density at radius 1 is 0.500 bits per heavy atom. The van der Waals surface area contributed by atoms with Crippen molar-refractivity contribution in [3.63, 3.8) is 0 Å². The number of carbonyl (C=O) groups is 4. The number of hydrogen-bond donors (Lipinski definition) is 26. The lowest BCUT2D eigenvalue weighted by atomic mass is 9.95. The number of aryl methyl sites for hydroxylation is 2. The Morgan fingerprint density at radius 3 is 1.25 bits per heavy atom. The number of benzene rings is 1. The molecule has 21 saturated heterocycles. The van der Waals surface area contributed by atoms with E-state index in [0.717, 1.165) is 17.3 Å². The van der Waals surface area contributed by atoms with Crippen LogP contribution in [-0.4, -0.2) is 457 Å². The SMILES string of the molecule is CCSCC1O[C@@H]2O[C@@H]3C(CO)O[C@@H](O[C@@H]4C(CO)O[C@@H](O[C@@H]5C(CSC[C@@H](NC)C(=O)NCCOCCOC(=O)CC[C@H](NC(=O)c6ccc(CCc7c[nH]c8nc(N)[nH]c(=O)c78)cc6)C(=O)O)O[C@@H](O[C@@H]6C(CO)O[C@H](O[C@@H]7C(CO)O[C@H](O[C@@H]8C(CO)O[C@H](O[C@H]1[C@H](O)C2O)C(O)[C@H]8O)C(O)[C@H]7O)C(O)[C@H]6O)C(O)[C@H]5O)C(O)[C@H]4O)C(O)[C@H]3O. The van der Waals surface area contributed by atoms with E-state index in [-0.39, 0.29) is 61.6 Å². The number of nitrogen functional groups attached to an aromatic ring is 1. The summed E-state index contributed by atoms with van der Waals surface area (Å²) < 4.78 is 94.0. The number of thioether (sulfide) groups is 2. The molecule has 24 rings (SSSR count). The molecular weight excluding hydrogens is 1680 g/mol. The summed E-state index contributed by atoms with van der Waals surface area (Å²) in [6, 6.07) is 3.86. The number of aliphatic carboxylic acids is 1. The largest absolute Gasteiger partial charge is 0.480 e. The highest BCUT2D eigenvalue weighted by Gasteiger charge is 2.60. The summed E-state index contributed by atoms with van der Waals surface area (Å²) in [5, 5.41) is 236. The Hall–Kier alpha value is -5.38. The van der Waals surface area contributed by atoms with Gasteiger partial charge in [-0.3, -0.25) is 24.2 Å². The minimum Gasteiger partial charge on any atom is -0.480 e. The van der Waals surface area contributed by atoms with E-state index in [4.69, 9.17) is 81.5 Å². The second kappa shape index (κ2) is 44.6. The van der Waals surface area contributed by atoms with Crippen LogP contribution in [0.2, 0.25) is 0 Å². The number of H-pyrrole nitrogens is 2. The van der Waals surface area contributed by atoms with Gasteiger partial charge in [0.25, 0.3) is 11.5 Å². The summed E-state index contributed by atoms with van der Waals surface area (Å²) >= 11 is 2.15. The molecule has 23 heterocycles. The third-order valence-electron chi connectivity index (χ3n) is 22.0. The number of nitrogens with two attached hydrogens (primary N) is 1. The number of aliphatic hydroxyl groups excluding tert-OH is 19. The average molecular weight is 1790 g/mol. The highest BCUT2D eigenvalue weighted by atomic mass is 32.2. The Balaban J connectivity index is 0.732. The number of esters is 1. The Bertz CT molecular complexity index is 3870. The maximum Gasteiger partial charge on any atom is 0.326 e. The fraction of sp³-hybridized carbons (Fsp3) is 0.778.